The van der Waals surface area contributed by atoms with Gasteiger partial charge in [-0.15, -0.1) is 11.8 Å². The molecule has 2 aromatic rings. The van der Waals surface area contributed by atoms with Crippen molar-refractivity contribution in [1.82, 2.24) is 14.5 Å². The maximum Gasteiger partial charge on any atom is 0.167 e. The molecule has 0 radical (unpaired) electrons. The minimum atomic E-state index is 0.127. The van der Waals surface area contributed by atoms with E-state index in [1.165, 1.54) is 4.90 Å². The van der Waals surface area contributed by atoms with Crippen molar-refractivity contribution in [2.45, 2.75) is 37.6 Å². The van der Waals surface area contributed by atoms with Gasteiger partial charge in [-0.25, -0.2) is 4.98 Å². The zero-order valence-corrected chi connectivity index (χ0v) is 16.0. The smallest absolute Gasteiger partial charge is 0.167 e. The van der Waals surface area contributed by atoms with Crippen LogP contribution in [0.3, 0.4) is 0 Å². The summed E-state index contributed by atoms with van der Waals surface area (Å²) in [5.41, 5.74) is 0.854. The molecule has 1 fully saturated rings. The predicted molar refractivity (Wildman–Crippen MR) is 103 cm³/mol. The number of ketones is 1. The van der Waals surface area contributed by atoms with E-state index in [2.05, 4.69) is 33.8 Å². The Kier molecular flexibility index (Phi) is 6.32. The second-order valence-electron chi connectivity index (χ2n) is 6.62. The fourth-order valence-electron chi connectivity index (χ4n) is 3.57. The van der Waals surface area contributed by atoms with Crippen molar-refractivity contribution in [3.63, 3.8) is 0 Å². The number of hydrogen-bond donors (Lipinski definition) is 0. The molecule has 1 aromatic heterocycles. The molecule has 5 heteroatoms. The van der Waals surface area contributed by atoms with Gasteiger partial charge in [-0.05, 0) is 37.8 Å². The van der Waals surface area contributed by atoms with Gasteiger partial charge in [0, 0.05) is 54.8 Å². The third-order valence-corrected chi connectivity index (χ3v) is 5.77. The number of aromatic nitrogens is 2. The highest BCUT2D eigenvalue weighted by atomic mass is 32.2. The summed E-state index contributed by atoms with van der Waals surface area (Å²) in [5.74, 6) is 1.56. The Morgan fingerprint density at radius 2 is 2.08 bits per heavy atom. The van der Waals surface area contributed by atoms with Crippen LogP contribution in [0.25, 0.3) is 0 Å². The van der Waals surface area contributed by atoms with Crippen molar-refractivity contribution in [2.75, 3.05) is 25.9 Å². The molecule has 0 amide bonds. The van der Waals surface area contributed by atoms with Crippen LogP contribution in [-0.4, -0.2) is 46.1 Å². The molecule has 0 spiro atoms. The van der Waals surface area contributed by atoms with Crippen LogP contribution in [0.4, 0.5) is 0 Å². The Labute approximate surface area is 154 Å². The summed E-state index contributed by atoms with van der Waals surface area (Å²) in [6, 6.07) is 8.05. The van der Waals surface area contributed by atoms with E-state index in [-0.39, 0.29) is 5.92 Å². The molecule has 3 rings (SSSR count). The van der Waals surface area contributed by atoms with E-state index in [1.807, 2.05) is 30.5 Å². The first-order valence-corrected chi connectivity index (χ1v) is 10.3. The summed E-state index contributed by atoms with van der Waals surface area (Å²) in [6.07, 6.45) is 9.05. The minimum absolute atomic E-state index is 0.127. The number of likely N-dealkylation sites (tertiary alicyclic amines) is 1. The molecule has 4 nitrogen and oxygen atoms in total. The van der Waals surface area contributed by atoms with Crippen molar-refractivity contribution in [1.29, 1.82) is 0 Å². The molecular weight excluding hydrogens is 330 g/mol. The maximum absolute atomic E-state index is 12.8. The number of benzene rings is 1. The van der Waals surface area contributed by atoms with Gasteiger partial charge >= 0.3 is 0 Å². The van der Waals surface area contributed by atoms with E-state index >= 15 is 0 Å². The van der Waals surface area contributed by atoms with Gasteiger partial charge in [0.1, 0.15) is 5.82 Å². The molecular formula is C20H27N3OS. The molecule has 1 aromatic carbocycles. The maximum atomic E-state index is 12.8. The molecule has 1 saturated heterocycles. The normalized spacial score (nSPS) is 18.4. The highest BCUT2D eigenvalue weighted by molar-refractivity contribution is 7.98. The quantitative estimate of drug-likeness (QED) is 0.559. The molecule has 0 bridgehead atoms. The summed E-state index contributed by atoms with van der Waals surface area (Å²) in [6.45, 7) is 6.03. The third-order valence-electron chi connectivity index (χ3n) is 5.03. The van der Waals surface area contributed by atoms with Gasteiger partial charge in [0.15, 0.2) is 5.78 Å². The average molecular weight is 358 g/mol. The number of thioether (sulfide) groups is 1. The van der Waals surface area contributed by atoms with Gasteiger partial charge in [0.2, 0.25) is 0 Å². The predicted octanol–water partition coefficient (Wildman–Crippen LogP) is 3.76. The molecule has 1 aliphatic rings. The minimum Gasteiger partial charge on any atom is -0.334 e. The van der Waals surface area contributed by atoms with Gasteiger partial charge in [-0.3, -0.25) is 4.79 Å². The molecule has 0 unspecified atom stereocenters. The van der Waals surface area contributed by atoms with Crippen LogP contribution >= 0.6 is 11.8 Å². The van der Waals surface area contributed by atoms with Crippen LogP contribution in [0.1, 0.15) is 35.9 Å². The van der Waals surface area contributed by atoms with Gasteiger partial charge in [0.05, 0.1) is 0 Å². The standard InChI is InChI=1S/C20H27N3OS/c1-3-19-21-10-12-23(19)14-13-22-11-4-5-17(15-22)20(24)16-6-8-18(25-2)9-7-16/h6-10,12,17H,3-5,11,13-15H2,1-2H3/t17-/m1/s1. The lowest BCUT2D eigenvalue weighted by molar-refractivity contribution is 0.0815. The lowest BCUT2D eigenvalue weighted by Crippen LogP contribution is -2.40. The van der Waals surface area contributed by atoms with Gasteiger partial charge in [-0.2, -0.15) is 0 Å². The summed E-state index contributed by atoms with van der Waals surface area (Å²) in [7, 11) is 0. The number of Topliss-reactive ketones (excluding diaryl/α,β-unsaturated/α-hetero) is 1. The van der Waals surface area contributed by atoms with Crippen LogP contribution in [0.2, 0.25) is 0 Å². The topological polar surface area (TPSA) is 38.1 Å². The largest absolute Gasteiger partial charge is 0.334 e. The number of carbonyl (C=O) groups excluding carboxylic acids is 1. The number of carbonyl (C=O) groups is 1. The van der Waals surface area contributed by atoms with E-state index in [4.69, 9.17) is 0 Å². The van der Waals surface area contributed by atoms with E-state index in [0.29, 0.717) is 5.78 Å². The van der Waals surface area contributed by atoms with Crippen molar-refractivity contribution >= 4 is 17.5 Å². The van der Waals surface area contributed by atoms with Gasteiger partial charge in [-0.1, -0.05) is 19.1 Å². The van der Waals surface area contributed by atoms with Crippen LogP contribution in [0, 0.1) is 5.92 Å². The lowest BCUT2D eigenvalue weighted by Gasteiger charge is -2.32. The number of aryl methyl sites for hydroxylation is 1. The molecule has 1 atom stereocenters. The van der Waals surface area contributed by atoms with Gasteiger partial charge < -0.3 is 9.47 Å². The Morgan fingerprint density at radius 1 is 1.28 bits per heavy atom. The lowest BCUT2D eigenvalue weighted by atomic mass is 9.90. The van der Waals surface area contributed by atoms with Crippen LogP contribution in [0.5, 0.6) is 0 Å². The Bertz CT molecular complexity index is 695. The third kappa shape index (κ3) is 4.53. The molecule has 134 valence electrons. The second-order valence-corrected chi connectivity index (χ2v) is 7.50. The summed E-state index contributed by atoms with van der Waals surface area (Å²) < 4.78 is 2.23. The second kappa shape index (κ2) is 8.68. The van der Waals surface area contributed by atoms with E-state index in [0.717, 1.165) is 56.8 Å². The Hall–Kier alpha value is -1.59. The number of piperidine rings is 1. The summed E-state index contributed by atoms with van der Waals surface area (Å²) >= 11 is 1.71. The molecule has 2 heterocycles. The van der Waals surface area contributed by atoms with Crippen molar-refractivity contribution in [2.24, 2.45) is 5.92 Å². The SMILES string of the molecule is CCc1nccn1CCN1CCC[C@@H](C(=O)c2ccc(SC)cc2)C1. The van der Waals surface area contributed by atoms with Gasteiger partial charge in [0.25, 0.3) is 0 Å². The highest BCUT2D eigenvalue weighted by Gasteiger charge is 2.26. The fraction of sp³-hybridized carbons (Fsp3) is 0.500. The fourth-order valence-corrected chi connectivity index (χ4v) is 3.98. The van der Waals surface area contributed by atoms with Crippen molar-refractivity contribution in [3.8, 4) is 0 Å². The molecule has 1 aliphatic heterocycles. The first-order chi connectivity index (χ1) is 12.2. The van der Waals surface area contributed by atoms with Crippen LogP contribution < -0.4 is 0 Å². The summed E-state index contributed by atoms with van der Waals surface area (Å²) in [5, 5.41) is 0. The first-order valence-electron chi connectivity index (χ1n) is 9.12. The Morgan fingerprint density at radius 3 is 2.80 bits per heavy atom. The van der Waals surface area contributed by atoms with Crippen molar-refractivity contribution < 1.29 is 4.79 Å². The first kappa shape index (κ1) is 18.2. The highest BCUT2D eigenvalue weighted by Crippen LogP contribution is 2.23. The summed E-state index contributed by atoms with van der Waals surface area (Å²) in [4.78, 5) is 20.8. The zero-order chi connectivity index (χ0) is 17.6. The average Bonchev–Trinajstić information content (AvgIpc) is 3.13. The number of hydrogen-bond acceptors (Lipinski definition) is 4. The number of rotatable bonds is 7. The molecule has 25 heavy (non-hydrogen) atoms. The monoisotopic (exact) mass is 357 g/mol. The number of imidazole rings is 1. The molecule has 0 saturated carbocycles. The van der Waals surface area contributed by atoms with E-state index in [1.54, 1.807) is 11.8 Å². The Balaban J connectivity index is 1.57. The van der Waals surface area contributed by atoms with Crippen molar-refractivity contribution in [3.05, 3.63) is 48.0 Å². The molecule has 0 aliphatic carbocycles. The molecule has 0 N–H and O–H groups in total. The van der Waals surface area contributed by atoms with E-state index in [9.17, 15) is 4.79 Å². The van der Waals surface area contributed by atoms with E-state index < -0.39 is 0 Å². The zero-order valence-electron chi connectivity index (χ0n) is 15.1. The number of nitrogens with zero attached hydrogens (tertiary/aromatic N) is 3. The van der Waals surface area contributed by atoms with Crippen LogP contribution in [-0.2, 0) is 13.0 Å². The van der Waals surface area contributed by atoms with Crippen LogP contribution in [0.15, 0.2) is 41.6 Å².